The zero-order valence-corrected chi connectivity index (χ0v) is 9.05. The highest BCUT2D eigenvalue weighted by molar-refractivity contribution is 5.96. The first-order valence-corrected chi connectivity index (χ1v) is 5.19. The quantitative estimate of drug-likeness (QED) is 0.774. The minimum atomic E-state index is -1.32. The van der Waals surface area contributed by atoms with E-state index >= 15 is 0 Å². The SMILES string of the molecule is O=C(NC1(C(=O)O)CCOC1)c1ccccn1. The van der Waals surface area contributed by atoms with Gasteiger partial charge in [0.05, 0.1) is 6.61 Å². The number of carboxylic acid groups (broad SMARTS) is 1. The lowest BCUT2D eigenvalue weighted by atomic mass is 9.99. The van der Waals surface area contributed by atoms with Crippen LogP contribution in [0.5, 0.6) is 0 Å². The minimum absolute atomic E-state index is 0.0130. The summed E-state index contributed by atoms with van der Waals surface area (Å²) in [7, 11) is 0. The molecule has 1 aliphatic rings. The summed E-state index contributed by atoms with van der Waals surface area (Å²) in [5.74, 6) is -1.59. The van der Waals surface area contributed by atoms with Crippen molar-refractivity contribution in [1.29, 1.82) is 0 Å². The van der Waals surface area contributed by atoms with Crippen LogP contribution in [0, 0.1) is 0 Å². The van der Waals surface area contributed by atoms with E-state index in [-0.39, 0.29) is 18.7 Å². The molecule has 0 bridgehead atoms. The molecule has 6 nitrogen and oxygen atoms in total. The molecule has 2 rings (SSSR count). The average molecular weight is 236 g/mol. The van der Waals surface area contributed by atoms with Crippen molar-refractivity contribution in [2.75, 3.05) is 13.2 Å². The van der Waals surface area contributed by atoms with Gasteiger partial charge in [-0.15, -0.1) is 0 Å². The Labute approximate surface area is 97.6 Å². The first-order valence-electron chi connectivity index (χ1n) is 5.19. The van der Waals surface area contributed by atoms with E-state index in [2.05, 4.69) is 10.3 Å². The van der Waals surface area contributed by atoms with E-state index in [4.69, 9.17) is 9.84 Å². The number of hydrogen-bond donors (Lipinski definition) is 2. The van der Waals surface area contributed by atoms with Gasteiger partial charge in [0.25, 0.3) is 5.91 Å². The molecule has 1 aliphatic heterocycles. The molecule has 0 saturated carbocycles. The highest BCUT2D eigenvalue weighted by Crippen LogP contribution is 2.19. The van der Waals surface area contributed by atoms with E-state index in [0.717, 1.165) is 0 Å². The van der Waals surface area contributed by atoms with Crippen molar-refractivity contribution in [2.45, 2.75) is 12.0 Å². The summed E-state index contributed by atoms with van der Waals surface area (Å²) in [6, 6.07) is 4.88. The fourth-order valence-corrected chi connectivity index (χ4v) is 1.66. The Hall–Kier alpha value is -1.95. The number of ether oxygens (including phenoxy) is 1. The van der Waals surface area contributed by atoms with Crippen molar-refractivity contribution in [2.24, 2.45) is 0 Å². The standard InChI is InChI=1S/C11H12N2O4/c14-9(8-3-1-2-5-12-8)13-11(10(15)16)4-6-17-7-11/h1-3,5H,4,6-7H2,(H,13,14)(H,15,16). The maximum Gasteiger partial charge on any atom is 0.331 e. The Morgan fingerprint density at radius 2 is 2.29 bits per heavy atom. The molecule has 2 heterocycles. The molecule has 1 amide bonds. The molecule has 1 fully saturated rings. The molecule has 1 unspecified atom stereocenters. The fourth-order valence-electron chi connectivity index (χ4n) is 1.66. The van der Waals surface area contributed by atoms with Gasteiger partial charge in [-0.2, -0.15) is 0 Å². The average Bonchev–Trinajstić information content (AvgIpc) is 2.80. The number of carbonyl (C=O) groups excluding carboxylic acids is 1. The number of carbonyl (C=O) groups is 2. The number of pyridine rings is 1. The molecule has 0 spiro atoms. The number of aromatic nitrogens is 1. The third kappa shape index (κ3) is 2.26. The smallest absolute Gasteiger partial charge is 0.331 e. The molecule has 1 saturated heterocycles. The lowest BCUT2D eigenvalue weighted by molar-refractivity contribution is -0.144. The van der Waals surface area contributed by atoms with Crippen molar-refractivity contribution in [1.82, 2.24) is 10.3 Å². The number of aliphatic carboxylic acids is 1. The molecular formula is C11H12N2O4. The Kier molecular flexibility index (Phi) is 3.06. The van der Waals surface area contributed by atoms with E-state index in [9.17, 15) is 9.59 Å². The van der Waals surface area contributed by atoms with Crippen LogP contribution in [-0.4, -0.2) is 40.7 Å². The van der Waals surface area contributed by atoms with Crippen molar-refractivity contribution >= 4 is 11.9 Å². The normalized spacial score (nSPS) is 23.3. The summed E-state index contributed by atoms with van der Waals surface area (Å²) in [5, 5.41) is 11.6. The van der Waals surface area contributed by atoms with Crippen LogP contribution in [0.1, 0.15) is 16.9 Å². The number of nitrogens with zero attached hydrogens (tertiary/aromatic N) is 1. The number of rotatable bonds is 3. The third-order valence-electron chi connectivity index (χ3n) is 2.68. The molecule has 2 N–H and O–H groups in total. The number of hydrogen-bond acceptors (Lipinski definition) is 4. The van der Waals surface area contributed by atoms with Crippen LogP contribution < -0.4 is 5.32 Å². The second-order valence-electron chi connectivity index (χ2n) is 3.86. The molecule has 1 aromatic rings. The Morgan fingerprint density at radius 1 is 1.47 bits per heavy atom. The highest BCUT2D eigenvalue weighted by atomic mass is 16.5. The van der Waals surface area contributed by atoms with Crippen LogP contribution in [-0.2, 0) is 9.53 Å². The predicted molar refractivity (Wildman–Crippen MR) is 57.5 cm³/mol. The van der Waals surface area contributed by atoms with Crippen molar-refractivity contribution in [3.05, 3.63) is 30.1 Å². The molecule has 17 heavy (non-hydrogen) atoms. The van der Waals surface area contributed by atoms with Gasteiger partial charge in [0.15, 0.2) is 5.54 Å². The van der Waals surface area contributed by atoms with E-state index in [1.165, 1.54) is 12.3 Å². The maximum absolute atomic E-state index is 11.8. The molecule has 1 aromatic heterocycles. The molecule has 6 heteroatoms. The summed E-state index contributed by atoms with van der Waals surface area (Å²) in [5.41, 5.74) is -1.13. The summed E-state index contributed by atoms with van der Waals surface area (Å²) in [4.78, 5) is 26.9. The van der Waals surface area contributed by atoms with Gasteiger partial charge in [-0.3, -0.25) is 9.78 Å². The lowest BCUT2D eigenvalue weighted by Crippen LogP contribution is -2.55. The monoisotopic (exact) mass is 236 g/mol. The molecular weight excluding hydrogens is 224 g/mol. The zero-order valence-electron chi connectivity index (χ0n) is 9.05. The predicted octanol–water partition coefficient (Wildman–Crippen LogP) is 0.0551. The minimum Gasteiger partial charge on any atom is -0.479 e. The Balaban J connectivity index is 2.15. The van der Waals surface area contributed by atoms with E-state index in [1.807, 2.05) is 0 Å². The van der Waals surface area contributed by atoms with Gasteiger partial charge < -0.3 is 15.2 Å². The zero-order chi connectivity index (χ0) is 12.3. The second-order valence-corrected chi connectivity index (χ2v) is 3.86. The Morgan fingerprint density at radius 3 is 2.82 bits per heavy atom. The van der Waals surface area contributed by atoms with Gasteiger partial charge in [-0.25, -0.2) is 4.79 Å². The van der Waals surface area contributed by atoms with Gasteiger partial charge in [-0.05, 0) is 12.1 Å². The van der Waals surface area contributed by atoms with Crippen molar-refractivity contribution in [3.8, 4) is 0 Å². The molecule has 0 aromatic carbocycles. The second kappa shape index (κ2) is 4.50. The fraction of sp³-hybridized carbons (Fsp3) is 0.364. The van der Waals surface area contributed by atoms with E-state index in [0.29, 0.717) is 6.61 Å². The van der Waals surface area contributed by atoms with Gasteiger partial charge in [0.1, 0.15) is 5.69 Å². The van der Waals surface area contributed by atoms with Crippen LogP contribution >= 0.6 is 0 Å². The van der Waals surface area contributed by atoms with Crippen LogP contribution in [0.3, 0.4) is 0 Å². The maximum atomic E-state index is 11.8. The number of nitrogens with one attached hydrogen (secondary N) is 1. The Bertz CT molecular complexity index is 426. The van der Waals surface area contributed by atoms with E-state index < -0.39 is 17.4 Å². The molecule has 1 atom stereocenters. The van der Waals surface area contributed by atoms with Crippen LogP contribution in [0.4, 0.5) is 0 Å². The summed E-state index contributed by atoms with van der Waals surface area (Å²) in [6.45, 7) is 0.315. The van der Waals surface area contributed by atoms with Gasteiger partial charge in [0.2, 0.25) is 0 Å². The van der Waals surface area contributed by atoms with Crippen molar-refractivity contribution in [3.63, 3.8) is 0 Å². The lowest BCUT2D eigenvalue weighted by Gasteiger charge is -2.23. The van der Waals surface area contributed by atoms with Gasteiger partial charge >= 0.3 is 5.97 Å². The topological polar surface area (TPSA) is 88.5 Å². The highest BCUT2D eigenvalue weighted by Gasteiger charge is 2.44. The van der Waals surface area contributed by atoms with Gasteiger partial charge in [0, 0.05) is 19.2 Å². The summed E-state index contributed by atoms with van der Waals surface area (Å²) >= 11 is 0. The first kappa shape index (κ1) is 11.5. The molecule has 90 valence electrons. The molecule has 0 aliphatic carbocycles. The van der Waals surface area contributed by atoms with Crippen LogP contribution in [0.25, 0.3) is 0 Å². The van der Waals surface area contributed by atoms with Crippen molar-refractivity contribution < 1.29 is 19.4 Å². The summed E-state index contributed by atoms with van der Waals surface area (Å²) < 4.78 is 5.04. The summed E-state index contributed by atoms with van der Waals surface area (Å²) in [6.07, 6.45) is 1.74. The van der Waals surface area contributed by atoms with E-state index in [1.54, 1.807) is 12.1 Å². The first-order chi connectivity index (χ1) is 8.14. The number of carboxylic acids is 1. The van der Waals surface area contributed by atoms with Crippen LogP contribution in [0.2, 0.25) is 0 Å². The third-order valence-corrected chi connectivity index (χ3v) is 2.68. The van der Waals surface area contributed by atoms with Crippen LogP contribution in [0.15, 0.2) is 24.4 Å². The number of amides is 1. The van der Waals surface area contributed by atoms with Gasteiger partial charge in [-0.1, -0.05) is 6.07 Å². The molecule has 0 radical (unpaired) electrons. The largest absolute Gasteiger partial charge is 0.479 e.